The molecule has 0 unspecified atom stereocenters. The number of esters is 2. The Morgan fingerprint density at radius 3 is 2.29 bits per heavy atom. The summed E-state index contributed by atoms with van der Waals surface area (Å²) >= 11 is 5.94. The van der Waals surface area contributed by atoms with E-state index >= 15 is 0 Å². The van der Waals surface area contributed by atoms with Gasteiger partial charge in [0.2, 0.25) is 5.91 Å². The second kappa shape index (κ2) is 14.0. The van der Waals surface area contributed by atoms with E-state index in [-0.39, 0.29) is 31.1 Å². The number of amides is 2. The summed E-state index contributed by atoms with van der Waals surface area (Å²) in [7, 11) is 1.48. The van der Waals surface area contributed by atoms with Crippen molar-refractivity contribution in [3.63, 3.8) is 0 Å². The van der Waals surface area contributed by atoms with Crippen molar-refractivity contribution in [2.24, 2.45) is 5.92 Å². The van der Waals surface area contributed by atoms with Crippen LogP contribution >= 0.6 is 11.6 Å². The van der Waals surface area contributed by atoms with Gasteiger partial charge in [-0.05, 0) is 54.8 Å². The summed E-state index contributed by atoms with van der Waals surface area (Å²) in [5, 5.41) is 5.71. The zero-order valence-electron chi connectivity index (χ0n) is 19.9. The molecule has 2 rings (SSSR count). The number of carbonyl (C=O) groups is 4. The summed E-state index contributed by atoms with van der Waals surface area (Å²) < 4.78 is 15.3. The first-order chi connectivity index (χ1) is 16.7. The molecule has 10 heteroatoms. The molecule has 188 valence electrons. The predicted molar refractivity (Wildman–Crippen MR) is 132 cm³/mol. The Morgan fingerprint density at radius 1 is 0.914 bits per heavy atom. The lowest BCUT2D eigenvalue weighted by Crippen LogP contribution is -2.21. The van der Waals surface area contributed by atoms with Gasteiger partial charge in [-0.2, -0.15) is 0 Å². The van der Waals surface area contributed by atoms with Crippen LogP contribution in [0.5, 0.6) is 5.75 Å². The van der Waals surface area contributed by atoms with Crippen LogP contribution in [0.15, 0.2) is 42.5 Å². The first-order valence-electron chi connectivity index (χ1n) is 11.0. The molecule has 0 heterocycles. The van der Waals surface area contributed by atoms with E-state index in [1.54, 1.807) is 30.3 Å². The fraction of sp³-hybridized carbons (Fsp3) is 0.360. The topological polar surface area (TPSA) is 120 Å². The predicted octanol–water partition coefficient (Wildman–Crippen LogP) is 4.45. The number of methoxy groups -OCH3 is 1. The van der Waals surface area contributed by atoms with Crippen LogP contribution in [-0.2, 0) is 23.9 Å². The van der Waals surface area contributed by atoms with Crippen molar-refractivity contribution in [1.82, 2.24) is 0 Å². The molecule has 0 aliphatic carbocycles. The van der Waals surface area contributed by atoms with E-state index in [0.29, 0.717) is 34.3 Å². The van der Waals surface area contributed by atoms with E-state index in [1.807, 2.05) is 13.8 Å². The number of nitrogens with one attached hydrogen (secondary N) is 2. The second-order valence-electron chi connectivity index (χ2n) is 8.02. The molecular formula is C25H29ClN2O7. The molecule has 0 aliphatic heterocycles. The molecule has 0 fully saturated rings. The van der Waals surface area contributed by atoms with Crippen molar-refractivity contribution in [3.8, 4) is 5.75 Å². The van der Waals surface area contributed by atoms with Crippen molar-refractivity contribution >= 4 is 46.7 Å². The second-order valence-corrected chi connectivity index (χ2v) is 8.46. The van der Waals surface area contributed by atoms with Crippen LogP contribution in [0.25, 0.3) is 0 Å². The fourth-order valence-electron chi connectivity index (χ4n) is 2.81. The third-order valence-corrected chi connectivity index (χ3v) is 4.77. The van der Waals surface area contributed by atoms with E-state index < -0.39 is 24.5 Å². The molecule has 0 aromatic heterocycles. The summed E-state index contributed by atoms with van der Waals surface area (Å²) in [6.45, 7) is 3.73. The van der Waals surface area contributed by atoms with Gasteiger partial charge in [0.25, 0.3) is 5.91 Å². The molecule has 0 bridgehead atoms. The third-order valence-electron chi connectivity index (χ3n) is 4.54. The number of benzene rings is 2. The summed E-state index contributed by atoms with van der Waals surface area (Å²) in [4.78, 5) is 47.9. The number of ether oxygens (including phenoxy) is 3. The maximum Gasteiger partial charge on any atom is 0.338 e. The van der Waals surface area contributed by atoms with Crippen LogP contribution in [0.2, 0.25) is 5.02 Å². The summed E-state index contributed by atoms with van der Waals surface area (Å²) in [5.74, 6) is -1.18. The first-order valence-corrected chi connectivity index (χ1v) is 11.4. The summed E-state index contributed by atoms with van der Waals surface area (Å²) in [5.41, 5.74) is 1.25. The Labute approximate surface area is 209 Å². The highest BCUT2D eigenvalue weighted by atomic mass is 35.5. The zero-order chi connectivity index (χ0) is 25.8. The number of hydrogen-bond acceptors (Lipinski definition) is 7. The lowest BCUT2D eigenvalue weighted by molar-refractivity contribution is -0.147. The maximum atomic E-state index is 12.1. The number of anilines is 2. The van der Waals surface area contributed by atoms with Crippen LogP contribution in [0.4, 0.5) is 11.4 Å². The standard InChI is InChI=1S/C25H29ClN2O7/c1-16(2)14-35-25(32)17-7-10-19(11-8-17)27-23(30)15-34-24(31)6-4-5-22(29)28-20-13-18(26)9-12-21(20)33-3/h7-13,16H,4-6,14-15H2,1-3H3,(H,27,30)(H,28,29). The highest BCUT2D eigenvalue weighted by Crippen LogP contribution is 2.27. The minimum absolute atomic E-state index is 0.0272. The smallest absolute Gasteiger partial charge is 0.338 e. The van der Waals surface area contributed by atoms with Crippen molar-refractivity contribution in [2.75, 3.05) is 31.0 Å². The molecule has 2 N–H and O–H groups in total. The lowest BCUT2D eigenvalue weighted by atomic mass is 10.2. The van der Waals surface area contributed by atoms with Gasteiger partial charge in [0, 0.05) is 23.6 Å². The SMILES string of the molecule is COc1ccc(Cl)cc1NC(=O)CCCC(=O)OCC(=O)Nc1ccc(C(=O)OCC(C)C)cc1. The van der Waals surface area contributed by atoms with Crippen LogP contribution in [0.1, 0.15) is 43.5 Å². The van der Waals surface area contributed by atoms with Crippen molar-refractivity contribution in [3.05, 3.63) is 53.1 Å². The molecular weight excluding hydrogens is 476 g/mol. The van der Waals surface area contributed by atoms with Gasteiger partial charge < -0.3 is 24.8 Å². The Hall–Kier alpha value is -3.59. The number of halogens is 1. The molecule has 0 radical (unpaired) electrons. The van der Waals surface area contributed by atoms with Crippen LogP contribution in [0, 0.1) is 5.92 Å². The van der Waals surface area contributed by atoms with Gasteiger partial charge in [-0.15, -0.1) is 0 Å². The molecule has 2 aromatic rings. The van der Waals surface area contributed by atoms with E-state index in [4.69, 9.17) is 25.8 Å². The number of hydrogen-bond donors (Lipinski definition) is 2. The number of rotatable bonds is 12. The third kappa shape index (κ3) is 10.1. The van der Waals surface area contributed by atoms with Gasteiger partial charge >= 0.3 is 11.9 Å². The van der Waals surface area contributed by atoms with Gasteiger partial charge in [-0.3, -0.25) is 14.4 Å². The molecule has 9 nitrogen and oxygen atoms in total. The van der Waals surface area contributed by atoms with E-state index in [0.717, 1.165) is 0 Å². The summed E-state index contributed by atoms with van der Waals surface area (Å²) in [6.07, 6.45) is 0.285. The van der Waals surface area contributed by atoms with Crippen molar-refractivity contribution in [1.29, 1.82) is 0 Å². The van der Waals surface area contributed by atoms with Gasteiger partial charge in [0.15, 0.2) is 6.61 Å². The lowest BCUT2D eigenvalue weighted by Gasteiger charge is -2.10. The maximum absolute atomic E-state index is 12.1. The van der Waals surface area contributed by atoms with Gasteiger partial charge in [0.1, 0.15) is 5.75 Å². The van der Waals surface area contributed by atoms with E-state index in [2.05, 4.69) is 10.6 Å². The molecule has 0 saturated heterocycles. The molecule has 2 aromatic carbocycles. The molecule has 0 saturated carbocycles. The van der Waals surface area contributed by atoms with E-state index in [9.17, 15) is 19.2 Å². The Balaban J connectivity index is 1.68. The van der Waals surface area contributed by atoms with Crippen LogP contribution < -0.4 is 15.4 Å². The van der Waals surface area contributed by atoms with Crippen LogP contribution in [0.3, 0.4) is 0 Å². The quantitative estimate of drug-likeness (QED) is 0.409. The zero-order valence-corrected chi connectivity index (χ0v) is 20.6. The van der Waals surface area contributed by atoms with E-state index in [1.165, 1.54) is 19.2 Å². The Bertz CT molecular complexity index is 1040. The summed E-state index contributed by atoms with van der Waals surface area (Å²) in [6, 6.07) is 11.0. The largest absolute Gasteiger partial charge is 0.495 e. The highest BCUT2D eigenvalue weighted by molar-refractivity contribution is 6.31. The monoisotopic (exact) mass is 504 g/mol. The van der Waals surface area contributed by atoms with Crippen molar-refractivity contribution < 1.29 is 33.4 Å². The normalized spacial score (nSPS) is 10.4. The first kappa shape index (κ1) is 27.7. The molecule has 0 spiro atoms. The average Bonchev–Trinajstić information content (AvgIpc) is 2.82. The molecule has 2 amide bonds. The minimum atomic E-state index is -0.600. The van der Waals surface area contributed by atoms with Gasteiger partial charge in [-0.1, -0.05) is 25.4 Å². The fourth-order valence-corrected chi connectivity index (χ4v) is 2.99. The molecule has 0 aliphatic rings. The van der Waals surface area contributed by atoms with Gasteiger partial charge in [0.05, 0.1) is 25.0 Å². The molecule has 0 atom stereocenters. The average molecular weight is 505 g/mol. The Kier molecular flexibility index (Phi) is 11.0. The number of carbonyl (C=O) groups excluding carboxylic acids is 4. The molecule has 35 heavy (non-hydrogen) atoms. The van der Waals surface area contributed by atoms with Gasteiger partial charge in [-0.25, -0.2) is 4.79 Å². The van der Waals surface area contributed by atoms with Crippen molar-refractivity contribution in [2.45, 2.75) is 33.1 Å². The van der Waals surface area contributed by atoms with Crippen LogP contribution in [-0.4, -0.2) is 44.1 Å². The minimum Gasteiger partial charge on any atom is -0.495 e. The Morgan fingerprint density at radius 2 is 1.63 bits per heavy atom. The highest BCUT2D eigenvalue weighted by Gasteiger charge is 2.12.